The molecule has 1 aliphatic rings. The SMILES string of the molecule is Cc1cnc(Nc2cccc3ocnc23)cc1-c1cc2n(c1)CCN(Cc1cc(F)ccc1CO)C2=O. The first-order valence-corrected chi connectivity index (χ1v) is 11.9. The first kappa shape index (κ1) is 22.9. The smallest absolute Gasteiger partial charge is 0.270 e. The molecule has 4 heterocycles. The van der Waals surface area contributed by atoms with Crippen molar-refractivity contribution in [3.63, 3.8) is 0 Å². The Balaban J connectivity index is 1.28. The Labute approximate surface area is 212 Å². The molecule has 5 aromatic rings. The van der Waals surface area contributed by atoms with Gasteiger partial charge in [0, 0.05) is 37.6 Å². The van der Waals surface area contributed by atoms with Gasteiger partial charge in [-0.2, -0.15) is 0 Å². The monoisotopic (exact) mass is 497 g/mol. The van der Waals surface area contributed by atoms with Crippen molar-refractivity contribution in [2.75, 3.05) is 11.9 Å². The molecule has 9 heteroatoms. The Morgan fingerprint density at radius 2 is 2.00 bits per heavy atom. The van der Waals surface area contributed by atoms with Crippen LogP contribution in [0.5, 0.6) is 0 Å². The van der Waals surface area contributed by atoms with Crippen molar-refractivity contribution in [2.24, 2.45) is 0 Å². The second-order valence-electron chi connectivity index (χ2n) is 9.12. The number of benzene rings is 2. The molecule has 3 aromatic heterocycles. The van der Waals surface area contributed by atoms with Gasteiger partial charge in [0.05, 0.1) is 12.3 Å². The molecular formula is C28H24FN5O3. The second kappa shape index (κ2) is 9.18. The predicted octanol–water partition coefficient (Wildman–Crippen LogP) is 5.03. The fourth-order valence-electron chi connectivity index (χ4n) is 4.79. The number of nitrogens with one attached hydrogen (secondary N) is 1. The number of carbonyl (C=O) groups is 1. The summed E-state index contributed by atoms with van der Waals surface area (Å²) in [5.74, 6) is 0.129. The molecule has 0 bridgehead atoms. The van der Waals surface area contributed by atoms with Crippen LogP contribution in [0.2, 0.25) is 0 Å². The predicted molar refractivity (Wildman–Crippen MR) is 137 cm³/mol. The third kappa shape index (κ3) is 4.23. The summed E-state index contributed by atoms with van der Waals surface area (Å²) < 4.78 is 21.2. The number of pyridine rings is 1. The van der Waals surface area contributed by atoms with E-state index in [9.17, 15) is 14.3 Å². The number of rotatable bonds is 6. The van der Waals surface area contributed by atoms with Crippen LogP contribution >= 0.6 is 0 Å². The largest absolute Gasteiger partial charge is 0.443 e. The van der Waals surface area contributed by atoms with Crippen LogP contribution in [0.25, 0.3) is 22.2 Å². The lowest BCUT2D eigenvalue weighted by Gasteiger charge is -2.29. The van der Waals surface area contributed by atoms with Gasteiger partial charge in [-0.3, -0.25) is 4.79 Å². The highest BCUT2D eigenvalue weighted by Crippen LogP contribution is 2.31. The summed E-state index contributed by atoms with van der Waals surface area (Å²) in [6.07, 6.45) is 5.19. The van der Waals surface area contributed by atoms with Crippen molar-refractivity contribution in [1.82, 2.24) is 19.4 Å². The first-order chi connectivity index (χ1) is 18.0. The summed E-state index contributed by atoms with van der Waals surface area (Å²) in [5, 5.41) is 12.9. The van der Waals surface area contributed by atoms with E-state index in [1.165, 1.54) is 18.5 Å². The molecule has 6 rings (SSSR count). The summed E-state index contributed by atoms with van der Waals surface area (Å²) in [7, 11) is 0. The molecule has 186 valence electrons. The summed E-state index contributed by atoms with van der Waals surface area (Å²) in [6, 6.07) is 13.8. The molecule has 0 spiro atoms. The topological polar surface area (TPSA) is 96.4 Å². The maximum Gasteiger partial charge on any atom is 0.270 e. The summed E-state index contributed by atoms with van der Waals surface area (Å²) >= 11 is 0. The number of carbonyl (C=O) groups excluding carboxylic acids is 1. The summed E-state index contributed by atoms with van der Waals surface area (Å²) in [5.41, 5.74) is 6.84. The normalized spacial score (nSPS) is 13.3. The number of aryl methyl sites for hydroxylation is 1. The van der Waals surface area contributed by atoms with Crippen molar-refractivity contribution < 1.29 is 18.7 Å². The Bertz CT molecular complexity index is 1640. The number of hydrogen-bond acceptors (Lipinski definition) is 6. The van der Waals surface area contributed by atoms with E-state index in [0.29, 0.717) is 41.3 Å². The van der Waals surface area contributed by atoms with Crippen LogP contribution < -0.4 is 5.32 Å². The minimum Gasteiger partial charge on any atom is -0.443 e. The average Bonchev–Trinajstić information content (AvgIpc) is 3.55. The fraction of sp³-hybridized carbons (Fsp3) is 0.179. The number of anilines is 2. The molecular weight excluding hydrogens is 473 g/mol. The zero-order valence-corrected chi connectivity index (χ0v) is 20.1. The molecule has 1 aliphatic heterocycles. The Morgan fingerprint density at radius 3 is 2.86 bits per heavy atom. The Kier molecular flexibility index (Phi) is 5.69. The van der Waals surface area contributed by atoms with Gasteiger partial charge in [-0.05, 0) is 65.6 Å². The van der Waals surface area contributed by atoms with Gasteiger partial charge in [0.1, 0.15) is 22.8 Å². The molecule has 1 amide bonds. The number of halogens is 1. The van der Waals surface area contributed by atoms with Gasteiger partial charge in [0.15, 0.2) is 12.0 Å². The average molecular weight is 498 g/mol. The maximum absolute atomic E-state index is 13.8. The van der Waals surface area contributed by atoms with Crippen LogP contribution in [-0.2, 0) is 19.7 Å². The van der Waals surface area contributed by atoms with Gasteiger partial charge in [0.2, 0.25) is 0 Å². The molecule has 0 unspecified atom stereocenters. The van der Waals surface area contributed by atoms with Crippen LogP contribution in [-0.4, -0.2) is 37.0 Å². The number of oxazole rings is 1. The zero-order chi connectivity index (χ0) is 25.5. The van der Waals surface area contributed by atoms with Crippen molar-refractivity contribution >= 4 is 28.5 Å². The van der Waals surface area contributed by atoms with E-state index in [2.05, 4.69) is 15.3 Å². The molecule has 37 heavy (non-hydrogen) atoms. The highest BCUT2D eigenvalue weighted by molar-refractivity contribution is 5.95. The van der Waals surface area contributed by atoms with Gasteiger partial charge in [-0.1, -0.05) is 12.1 Å². The number of aromatic nitrogens is 3. The van der Waals surface area contributed by atoms with E-state index >= 15 is 0 Å². The van der Waals surface area contributed by atoms with E-state index in [4.69, 9.17) is 4.42 Å². The third-order valence-corrected chi connectivity index (χ3v) is 6.75. The standard InChI is InChI=1S/C28H24FN5O3/c1-17-12-30-26(32-23-3-2-4-25-27(23)31-16-37-25)11-22(17)20-10-24-28(36)34(8-7-33(24)14-20)13-19-9-21(29)6-5-18(19)15-35/h2-6,9-12,14,16,35H,7-8,13,15H2,1H3,(H,30,32). The minimum atomic E-state index is -0.389. The van der Waals surface area contributed by atoms with Crippen LogP contribution in [0, 0.1) is 12.7 Å². The van der Waals surface area contributed by atoms with Crippen molar-refractivity contribution in [3.8, 4) is 11.1 Å². The van der Waals surface area contributed by atoms with Gasteiger partial charge in [0.25, 0.3) is 5.91 Å². The quantitative estimate of drug-likeness (QED) is 0.342. The number of aliphatic hydroxyl groups is 1. The Hall–Kier alpha value is -4.50. The van der Waals surface area contributed by atoms with E-state index < -0.39 is 0 Å². The van der Waals surface area contributed by atoms with Crippen LogP contribution in [0.15, 0.2) is 71.7 Å². The number of fused-ring (bicyclic) bond motifs is 2. The van der Waals surface area contributed by atoms with Crippen LogP contribution in [0.3, 0.4) is 0 Å². The van der Waals surface area contributed by atoms with E-state index in [1.807, 2.05) is 48.0 Å². The van der Waals surface area contributed by atoms with Crippen molar-refractivity contribution in [1.29, 1.82) is 0 Å². The molecule has 0 atom stereocenters. The van der Waals surface area contributed by atoms with Crippen LogP contribution in [0.1, 0.15) is 27.2 Å². The zero-order valence-electron chi connectivity index (χ0n) is 20.1. The molecule has 0 fully saturated rings. The minimum absolute atomic E-state index is 0.131. The van der Waals surface area contributed by atoms with Crippen molar-refractivity contribution in [3.05, 3.63) is 95.5 Å². The van der Waals surface area contributed by atoms with E-state index in [0.717, 1.165) is 27.9 Å². The highest BCUT2D eigenvalue weighted by atomic mass is 19.1. The lowest BCUT2D eigenvalue weighted by Crippen LogP contribution is -2.39. The number of para-hydroxylation sites is 1. The molecule has 0 saturated carbocycles. The number of nitrogens with zero attached hydrogens (tertiary/aromatic N) is 4. The Morgan fingerprint density at radius 1 is 1.11 bits per heavy atom. The molecule has 0 aliphatic carbocycles. The van der Waals surface area contributed by atoms with Gasteiger partial charge < -0.3 is 24.3 Å². The first-order valence-electron chi connectivity index (χ1n) is 11.9. The molecule has 2 aromatic carbocycles. The lowest BCUT2D eigenvalue weighted by molar-refractivity contribution is 0.0689. The number of hydrogen-bond donors (Lipinski definition) is 2. The van der Waals surface area contributed by atoms with Gasteiger partial charge >= 0.3 is 0 Å². The molecule has 0 saturated heterocycles. The van der Waals surface area contributed by atoms with E-state index in [1.54, 1.807) is 17.2 Å². The summed E-state index contributed by atoms with van der Waals surface area (Å²) in [4.78, 5) is 23.9. The second-order valence-corrected chi connectivity index (χ2v) is 9.12. The third-order valence-electron chi connectivity index (χ3n) is 6.75. The molecule has 0 radical (unpaired) electrons. The maximum atomic E-state index is 13.8. The van der Waals surface area contributed by atoms with Gasteiger partial charge in [-0.25, -0.2) is 14.4 Å². The molecule has 2 N–H and O–H groups in total. The highest BCUT2D eigenvalue weighted by Gasteiger charge is 2.26. The molecule has 8 nitrogen and oxygen atoms in total. The summed E-state index contributed by atoms with van der Waals surface area (Å²) in [6.45, 7) is 3.12. The fourth-order valence-corrected chi connectivity index (χ4v) is 4.79. The number of amides is 1. The van der Waals surface area contributed by atoms with Crippen LogP contribution in [0.4, 0.5) is 15.9 Å². The van der Waals surface area contributed by atoms with Gasteiger partial charge in [-0.15, -0.1) is 0 Å². The lowest BCUT2D eigenvalue weighted by atomic mass is 10.0. The van der Waals surface area contributed by atoms with Crippen molar-refractivity contribution in [2.45, 2.75) is 26.6 Å². The number of aliphatic hydroxyl groups excluding tert-OH is 1. The van der Waals surface area contributed by atoms with E-state index in [-0.39, 0.29) is 24.9 Å².